The topological polar surface area (TPSA) is 58.4 Å². The summed E-state index contributed by atoms with van der Waals surface area (Å²) in [7, 11) is 0. The van der Waals surface area contributed by atoms with Gasteiger partial charge in [-0.05, 0) is 25.8 Å². The molecule has 3 N–H and O–H groups in total. The van der Waals surface area contributed by atoms with E-state index >= 15 is 0 Å². The molecule has 4 heteroatoms. The van der Waals surface area contributed by atoms with Crippen LogP contribution in [0.3, 0.4) is 0 Å². The summed E-state index contributed by atoms with van der Waals surface area (Å²) >= 11 is 0. The van der Waals surface area contributed by atoms with Crippen LogP contribution in [0.25, 0.3) is 0 Å². The number of nitrogens with one attached hydrogen (secondary N) is 1. The highest BCUT2D eigenvalue weighted by atomic mass is 16.1. The molecule has 0 radical (unpaired) electrons. The number of amides is 1. The van der Waals surface area contributed by atoms with E-state index < -0.39 is 0 Å². The number of primary amides is 1. The van der Waals surface area contributed by atoms with Gasteiger partial charge in [-0.3, -0.25) is 9.69 Å². The number of rotatable bonds is 2. The Hall–Kier alpha value is -0.610. The molecule has 0 aromatic carbocycles. The third-order valence-electron chi connectivity index (χ3n) is 3.35. The minimum Gasteiger partial charge on any atom is -0.368 e. The van der Waals surface area contributed by atoms with Crippen LogP contribution in [0.4, 0.5) is 0 Å². The van der Waals surface area contributed by atoms with Crippen molar-refractivity contribution in [3.8, 4) is 0 Å². The molecular formula is C9H17N3O. The van der Waals surface area contributed by atoms with Crippen LogP contribution in [0.15, 0.2) is 0 Å². The van der Waals surface area contributed by atoms with E-state index in [1.807, 2.05) is 6.92 Å². The maximum Gasteiger partial charge on any atom is 0.234 e. The number of hydrogen-bond donors (Lipinski definition) is 2. The van der Waals surface area contributed by atoms with Gasteiger partial charge in [-0.25, -0.2) is 0 Å². The van der Waals surface area contributed by atoms with Gasteiger partial charge in [-0.2, -0.15) is 0 Å². The van der Waals surface area contributed by atoms with Crippen molar-refractivity contribution in [2.24, 2.45) is 11.7 Å². The minimum atomic E-state index is -0.208. The molecule has 2 saturated heterocycles. The van der Waals surface area contributed by atoms with E-state index in [1.165, 1.54) is 6.42 Å². The Kier molecular flexibility index (Phi) is 2.26. The van der Waals surface area contributed by atoms with Crippen molar-refractivity contribution in [2.75, 3.05) is 19.6 Å². The Morgan fingerprint density at radius 3 is 3.00 bits per heavy atom. The fraction of sp³-hybridized carbons (Fsp3) is 0.889. The molecular weight excluding hydrogens is 166 g/mol. The largest absolute Gasteiger partial charge is 0.368 e. The van der Waals surface area contributed by atoms with Crippen LogP contribution < -0.4 is 11.1 Å². The molecule has 13 heavy (non-hydrogen) atoms. The lowest BCUT2D eigenvalue weighted by Crippen LogP contribution is -2.43. The van der Waals surface area contributed by atoms with E-state index in [4.69, 9.17) is 5.73 Å². The molecule has 0 saturated carbocycles. The predicted octanol–water partition coefficient (Wildman–Crippen LogP) is -0.846. The van der Waals surface area contributed by atoms with Gasteiger partial charge in [-0.1, -0.05) is 0 Å². The van der Waals surface area contributed by atoms with Crippen LogP contribution in [0.2, 0.25) is 0 Å². The molecule has 2 fully saturated rings. The first-order valence-corrected chi connectivity index (χ1v) is 4.95. The molecule has 3 atom stereocenters. The summed E-state index contributed by atoms with van der Waals surface area (Å²) in [6.45, 7) is 5.04. The quantitative estimate of drug-likeness (QED) is 0.586. The van der Waals surface area contributed by atoms with Crippen LogP contribution in [0.1, 0.15) is 13.3 Å². The van der Waals surface area contributed by atoms with E-state index in [1.54, 1.807) is 0 Å². The molecule has 4 nitrogen and oxygen atoms in total. The van der Waals surface area contributed by atoms with Gasteiger partial charge in [0.05, 0.1) is 6.04 Å². The Labute approximate surface area is 78.5 Å². The third-order valence-corrected chi connectivity index (χ3v) is 3.35. The molecule has 2 aliphatic heterocycles. The second-order valence-corrected chi connectivity index (χ2v) is 4.14. The Bertz CT molecular complexity index is 207. The first-order chi connectivity index (χ1) is 6.18. The number of carbonyl (C=O) groups excluding carboxylic acids is 1. The highest BCUT2D eigenvalue weighted by Gasteiger charge is 2.38. The van der Waals surface area contributed by atoms with Gasteiger partial charge < -0.3 is 11.1 Å². The van der Waals surface area contributed by atoms with Crippen molar-refractivity contribution >= 4 is 5.91 Å². The van der Waals surface area contributed by atoms with Gasteiger partial charge in [0, 0.05) is 19.1 Å². The summed E-state index contributed by atoms with van der Waals surface area (Å²) < 4.78 is 0. The molecule has 2 heterocycles. The number of fused-ring (bicyclic) bond motifs is 1. The SMILES string of the molecule is CC(C(N)=O)N1C[C@@H]2CCN[C@@H]2C1. The molecule has 2 rings (SSSR count). The highest BCUT2D eigenvalue weighted by molar-refractivity contribution is 5.79. The van der Waals surface area contributed by atoms with Crippen molar-refractivity contribution in [3.05, 3.63) is 0 Å². The van der Waals surface area contributed by atoms with Gasteiger partial charge in [0.1, 0.15) is 0 Å². The van der Waals surface area contributed by atoms with Crippen molar-refractivity contribution in [2.45, 2.75) is 25.4 Å². The summed E-state index contributed by atoms with van der Waals surface area (Å²) in [4.78, 5) is 13.2. The lowest BCUT2D eigenvalue weighted by Gasteiger charge is -2.21. The molecule has 0 bridgehead atoms. The van der Waals surface area contributed by atoms with Crippen molar-refractivity contribution in [3.63, 3.8) is 0 Å². The van der Waals surface area contributed by atoms with Crippen LogP contribution in [0.5, 0.6) is 0 Å². The molecule has 0 aromatic heterocycles. The Morgan fingerprint density at radius 2 is 2.38 bits per heavy atom. The van der Waals surface area contributed by atoms with E-state index in [0.717, 1.165) is 25.6 Å². The van der Waals surface area contributed by atoms with E-state index in [2.05, 4.69) is 10.2 Å². The van der Waals surface area contributed by atoms with E-state index in [0.29, 0.717) is 6.04 Å². The average molecular weight is 183 g/mol. The normalized spacial score (nSPS) is 36.1. The zero-order valence-electron chi connectivity index (χ0n) is 7.99. The number of carbonyl (C=O) groups is 1. The zero-order valence-corrected chi connectivity index (χ0v) is 7.99. The predicted molar refractivity (Wildman–Crippen MR) is 50.1 cm³/mol. The summed E-state index contributed by atoms with van der Waals surface area (Å²) in [6.07, 6.45) is 1.24. The molecule has 74 valence electrons. The van der Waals surface area contributed by atoms with Crippen molar-refractivity contribution in [1.82, 2.24) is 10.2 Å². The fourth-order valence-electron chi connectivity index (χ4n) is 2.38. The molecule has 0 aliphatic carbocycles. The van der Waals surface area contributed by atoms with Crippen LogP contribution in [-0.4, -0.2) is 42.5 Å². The molecule has 0 spiro atoms. The monoisotopic (exact) mass is 183 g/mol. The minimum absolute atomic E-state index is 0.104. The maximum absolute atomic E-state index is 11.0. The maximum atomic E-state index is 11.0. The third kappa shape index (κ3) is 1.56. The van der Waals surface area contributed by atoms with Gasteiger partial charge in [0.15, 0.2) is 0 Å². The first-order valence-electron chi connectivity index (χ1n) is 4.95. The highest BCUT2D eigenvalue weighted by Crippen LogP contribution is 2.25. The number of hydrogen-bond acceptors (Lipinski definition) is 3. The Balaban J connectivity index is 1.95. The van der Waals surface area contributed by atoms with Crippen LogP contribution >= 0.6 is 0 Å². The second kappa shape index (κ2) is 3.27. The summed E-state index contributed by atoms with van der Waals surface area (Å²) in [6, 6.07) is 0.495. The van der Waals surface area contributed by atoms with Crippen molar-refractivity contribution < 1.29 is 4.79 Å². The summed E-state index contributed by atoms with van der Waals surface area (Å²) in [5, 5.41) is 3.45. The number of likely N-dealkylation sites (tertiary alicyclic amines) is 1. The molecule has 0 aromatic rings. The number of nitrogens with two attached hydrogens (primary N) is 1. The standard InChI is InChI=1S/C9H17N3O/c1-6(9(10)13)12-4-7-2-3-11-8(7)5-12/h6-8,11H,2-5H2,1H3,(H2,10,13)/t6?,7-,8+/m0/s1. The second-order valence-electron chi connectivity index (χ2n) is 4.14. The zero-order chi connectivity index (χ0) is 9.42. The van der Waals surface area contributed by atoms with Gasteiger partial charge in [0.2, 0.25) is 5.91 Å². The molecule has 1 amide bonds. The number of nitrogens with zero attached hydrogens (tertiary/aromatic N) is 1. The Morgan fingerprint density at radius 1 is 1.62 bits per heavy atom. The van der Waals surface area contributed by atoms with Crippen LogP contribution in [-0.2, 0) is 4.79 Å². The first kappa shape index (κ1) is 8.97. The van der Waals surface area contributed by atoms with Crippen molar-refractivity contribution in [1.29, 1.82) is 0 Å². The lowest BCUT2D eigenvalue weighted by atomic mass is 10.1. The fourth-order valence-corrected chi connectivity index (χ4v) is 2.38. The summed E-state index contributed by atoms with van der Waals surface area (Å²) in [5.41, 5.74) is 5.27. The smallest absolute Gasteiger partial charge is 0.234 e. The molecule has 2 aliphatic rings. The summed E-state index contributed by atoms with van der Waals surface area (Å²) in [5.74, 6) is 0.529. The average Bonchev–Trinajstić information content (AvgIpc) is 2.59. The molecule has 1 unspecified atom stereocenters. The van der Waals surface area contributed by atoms with E-state index in [9.17, 15) is 4.79 Å². The van der Waals surface area contributed by atoms with Gasteiger partial charge in [-0.15, -0.1) is 0 Å². The van der Waals surface area contributed by atoms with Gasteiger partial charge in [0.25, 0.3) is 0 Å². The van der Waals surface area contributed by atoms with E-state index in [-0.39, 0.29) is 11.9 Å². The lowest BCUT2D eigenvalue weighted by molar-refractivity contribution is -0.122. The van der Waals surface area contributed by atoms with Gasteiger partial charge >= 0.3 is 0 Å². The van der Waals surface area contributed by atoms with Crippen LogP contribution in [0, 0.1) is 5.92 Å².